The van der Waals surface area contributed by atoms with E-state index in [4.69, 9.17) is 9.15 Å². The molecule has 0 unspecified atom stereocenters. The minimum atomic E-state index is 0.777. The number of ether oxygens (including phenoxy) is 1. The Balaban J connectivity index is 2.02. The molecule has 0 saturated carbocycles. The van der Waals surface area contributed by atoms with Crippen molar-refractivity contribution in [3.63, 3.8) is 0 Å². The predicted octanol–water partition coefficient (Wildman–Crippen LogP) is 3.98. The van der Waals surface area contributed by atoms with Gasteiger partial charge in [0.15, 0.2) is 5.58 Å². The van der Waals surface area contributed by atoms with Gasteiger partial charge in [-0.15, -0.1) is 0 Å². The SMILES string of the molecule is COc1ccc2oc3c(-c4ccccc4)n[nH]c3c2c1. The van der Waals surface area contributed by atoms with Gasteiger partial charge in [-0.1, -0.05) is 30.3 Å². The minimum Gasteiger partial charge on any atom is -0.497 e. The lowest BCUT2D eigenvalue weighted by atomic mass is 10.1. The van der Waals surface area contributed by atoms with Crippen LogP contribution in [0, 0.1) is 0 Å². The molecule has 4 rings (SSSR count). The van der Waals surface area contributed by atoms with Crippen LogP contribution in [0.3, 0.4) is 0 Å². The molecular formula is C16H12N2O2. The Bertz CT molecular complexity index is 891. The number of rotatable bonds is 2. The second kappa shape index (κ2) is 4.13. The van der Waals surface area contributed by atoms with E-state index in [0.29, 0.717) is 0 Å². The molecule has 0 fully saturated rings. The number of aromatic nitrogens is 2. The Morgan fingerprint density at radius 3 is 2.75 bits per heavy atom. The van der Waals surface area contributed by atoms with Crippen molar-refractivity contribution in [3.05, 3.63) is 48.5 Å². The van der Waals surface area contributed by atoms with Crippen LogP contribution in [0.5, 0.6) is 5.75 Å². The van der Waals surface area contributed by atoms with Crippen LogP contribution in [-0.4, -0.2) is 17.3 Å². The second-order valence-corrected chi connectivity index (χ2v) is 4.61. The highest BCUT2D eigenvalue weighted by Crippen LogP contribution is 2.35. The summed E-state index contributed by atoms with van der Waals surface area (Å²) in [5.74, 6) is 0.802. The van der Waals surface area contributed by atoms with E-state index in [0.717, 1.165) is 39.1 Å². The molecule has 0 aliphatic rings. The van der Waals surface area contributed by atoms with Gasteiger partial charge in [0, 0.05) is 10.9 Å². The number of fused-ring (bicyclic) bond motifs is 3. The molecule has 0 aliphatic carbocycles. The largest absolute Gasteiger partial charge is 0.497 e. The van der Waals surface area contributed by atoms with Crippen LogP contribution < -0.4 is 4.74 Å². The van der Waals surface area contributed by atoms with Gasteiger partial charge >= 0.3 is 0 Å². The molecule has 2 aromatic heterocycles. The van der Waals surface area contributed by atoms with Crippen molar-refractivity contribution in [2.24, 2.45) is 0 Å². The fraction of sp³-hybridized carbons (Fsp3) is 0.0625. The lowest BCUT2D eigenvalue weighted by Gasteiger charge is -1.97. The van der Waals surface area contributed by atoms with Crippen molar-refractivity contribution < 1.29 is 9.15 Å². The maximum absolute atomic E-state index is 5.93. The Morgan fingerprint density at radius 2 is 1.95 bits per heavy atom. The van der Waals surface area contributed by atoms with Gasteiger partial charge in [-0.25, -0.2) is 0 Å². The van der Waals surface area contributed by atoms with E-state index >= 15 is 0 Å². The zero-order chi connectivity index (χ0) is 13.5. The zero-order valence-corrected chi connectivity index (χ0v) is 10.9. The zero-order valence-electron chi connectivity index (χ0n) is 10.9. The Kier molecular flexibility index (Phi) is 2.29. The molecule has 1 N–H and O–H groups in total. The van der Waals surface area contributed by atoms with Crippen molar-refractivity contribution in [1.29, 1.82) is 0 Å². The first-order valence-corrected chi connectivity index (χ1v) is 6.37. The Hall–Kier alpha value is -2.75. The van der Waals surface area contributed by atoms with E-state index in [1.54, 1.807) is 7.11 Å². The third-order valence-electron chi connectivity index (χ3n) is 3.44. The van der Waals surface area contributed by atoms with Crippen LogP contribution in [0.25, 0.3) is 33.3 Å². The van der Waals surface area contributed by atoms with Crippen LogP contribution in [-0.2, 0) is 0 Å². The number of furan rings is 1. The minimum absolute atomic E-state index is 0.777. The summed E-state index contributed by atoms with van der Waals surface area (Å²) in [6, 6.07) is 15.7. The smallest absolute Gasteiger partial charge is 0.181 e. The van der Waals surface area contributed by atoms with Gasteiger partial charge in [-0.3, -0.25) is 5.10 Å². The van der Waals surface area contributed by atoms with Crippen LogP contribution in [0.1, 0.15) is 0 Å². The van der Waals surface area contributed by atoms with Crippen molar-refractivity contribution in [1.82, 2.24) is 10.2 Å². The Labute approximate surface area is 115 Å². The van der Waals surface area contributed by atoms with E-state index < -0.39 is 0 Å². The number of aromatic amines is 1. The van der Waals surface area contributed by atoms with Gasteiger partial charge in [0.25, 0.3) is 0 Å². The lowest BCUT2D eigenvalue weighted by Crippen LogP contribution is -1.81. The fourth-order valence-corrected chi connectivity index (χ4v) is 2.44. The quantitative estimate of drug-likeness (QED) is 0.595. The summed E-state index contributed by atoms with van der Waals surface area (Å²) < 4.78 is 11.2. The van der Waals surface area contributed by atoms with Crippen LogP contribution in [0.2, 0.25) is 0 Å². The molecule has 0 amide bonds. The summed E-state index contributed by atoms with van der Waals surface area (Å²) in [5, 5.41) is 8.41. The second-order valence-electron chi connectivity index (χ2n) is 4.61. The van der Waals surface area contributed by atoms with Crippen molar-refractivity contribution in [2.45, 2.75) is 0 Å². The molecule has 20 heavy (non-hydrogen) atoms. The Morgan fingerprint density at radius 1 is 1.10 bits per heavy atom. The van der Waals surface area contributed by atoms with Crippen molar-refractivity contribution in [2.75, 3.05) is 7.11 Å². The van der Waals surface area contributed by atoms with Gasteiger partial charge in [-0.05, 0) is 18.2 Å². The molecule has 0 spiro atoms. The first kappa shape index (κ1) is 11.1. The third-order valence-corrected chi connectivity index (χ3v) is 3.44. The van der Waals surface area contributed by atoms with E-state index in [9.17, 15) is 0 Å². The van der Waals surface area contributed by atoms with E-state index in [2.05, 4.69) is 10.2 Å². The highest BCUT2D eigenvalue weighted by atomic mass is 16.5. The van der Waals surface area contributed by atoms with Gasteiger partial charge in [0.1, 0.15) is 22.5 Å². The van der Waals surface area contributed by atoms with E-state index in [-0.39, 0.29) is 0 Å². The monoisotopic (exact) mass is 264 g/mol. The van der Waals surface area contributed by atoms with Crippen LogP contribution in [0.15, 0.2) is 52.9 Å². The fourth-order valence-electron chi connectivity index (χ4n) is 2.44. The number of nitrogens with zero attached hydrogens (tertiary/aromatic N) is 1. The first-order chi connectivity index (χ1) is 9.86. The molecule has 0 radical (unpaired) electrons. The lowest BCUT2D eigenvalue weighted by molar-refractivity contribution is 0.415. The molecular weight excluding hydrogens is 252 g/mol. The topological polar surface area (TPSA) is 51.1 Å². The molecule has 0 saturated heterocycles. The predicted molar refractivity (Wildman–Crippen MR) is 77.9 cm³/mol. The van der Waals surface area contributed by atoms with E-state index in [1.807, 2.05) is 48.5 Å². The molecule has 0 aliphatic heterocycles. The molecule has 0 atom stereocenters. The van der Waals surface area contributed by atoms with Crippen LogP contribution in [0.4, 0.5) is 0 Å². The summed E-state index contributed by atoms with van der Waals surface area (Å²) in [7, 11) is 1.65. The first-order valence-electron chi connectivity index (χ1n) is 6.37. The maximum atomic E-state index is 5.93. The van der Waals surface area contributed by atoms with E-state index in [1.165, 1.54) is 0 Å². The number of hydrogen-bond donors (Lipinski definition) is 1. The highest BCUT2D eigenvalue weighted by Gasteiger charge is 2.16. The average Bonchev–Trinajstić information content (AvgIpc) is 3.06. The summed E-state index contributed by atoms with van der Waals surface area (Å²) in [5.41, 5.74) is 4.37. The summed E-state index contributed by atoms with van der Waals surface area (Å²) >= 11 is 0. The number of H-pyrrole nitrogens is 1. The maximum Gasteiger partial charge on any atom is 0.181 e. The summed E-state index contributed by atoms with van der Waals surface area (Å²) in [6.07, 6.45) is 0. The standard InChI is InChI=1S/C16H12N2O2/c1-19-11-7-8-13-12(9-11)15-16(20-13)14(17-18-15)10-5-3-2-4-6-10/h2-9H,1H3,(H,17,18). The molecule has 98 valence electrons. The van der Waals surface area contributed by atoms with Gasteiger partial charge in [0.05, 0.1) is 7.11 Å². The number of methoxy groups -OCH3 is 1. The van der Waals surface area contributed by atoms with Crippen LogP contribution >= 0.6 is 0 Å². The molecule has 4 aromatic rings. The van der Waals surface area contributed by atoms with Crippen molar-refractivity contribution in [3.8, 4) is 17.0 Å². The summed E-state index contributed by atoms with van der Waals surface area (Å²) in [6.45, 7) is 0. The third kappa shape index (κ3) is 1.51. The molecule has 0 bridgehead atoms. The number of benzene rings is 2. The average molecular weight is 264 g/mol. The summed E-state index contributed by atoms with van der Waals surface area (Å²) in [4.78, 5) is 0. The number of hydrogen-bond acceptors (Lipinski definition) is 3. The van der Waals surface area contributed by atoms with Gasteiger partial charge in [-0.2, -0.15) is 5.10 Å². The highest BCUT2D eigenvalue weighted by molar-refractivity contribution is 6.07. The molecule has 2 aromatic carbocycles. The van der Waals surface area contributed by atoms with Crippen molar-refractivity contribution >= 4 is 22.1 Å². The molecule has 4 nitrogen and oxygen atoms in total. The van der Waals surface area contributed by atoms with Gasteiger partial charge in [0.2, 0.25) is 0 Å². The normalized spacial score (nSPS) is 11.2. The van der Waals surface area contributed by atoms with Gasteiger partial charge < -0.3 is 9.15 Å². The molecule has 4 heteroatoms. The number of nitrogens with one attached hydrogen (secondary N) is 1. The molecule has 2 heterocycles.